The van der Waals surface area contributed by atoms with E-state index in [0.29, 0.717) is 0 Å². The van der Waals surface area contributed by atoms with Crippen LogP contribution in [0.25, 0.3) is 0 Å². The molecule has 1 aromatic carbocycles. The standard InChI is InChI=1S/C16H21BrN4/c1-2-20-8-7-18-16(20)21-11-9-19(10-12-21)13-14-3-5-15(17)6-4-14/h3-8H,2,9-13H2,1H3. The third kappa shape index (κ3) is 3.47. The minimum absolute atomic E-state index is 0.981. The molecule has 0 saturated carbocycles. The highest BCUT2D eigenvalue weighted by Gasteiger charge is 2.19. The lowest BCUT2D eigenvalue weighted by atomic mass is 10.2. The maximum atomic E-state index is 4.49. The zero-order chi connectivity index (χ0) is 14.7. The first-order valence-corrected chi connectivity index (χ1v) is 8.28. The molecule has 0 bridgehead atoms. The van der Waals surface area contributed by atoms with E-state index in [9.17, 15) is 0 Å². The van der Waals surface area contributed by atoms with Gasteiger partial charge in [0.1, 0.15) is 0 Å². The Balaban J connectivity index is 1.56. The molecule has 112 valence electrons. The van der Waals surface area contributed by atoms with Crippen LogP contribution in [0.2, 0.25) is 0 Å². The summed E-state index contributed by atoms with van der Waals surface area (Å²) in [5, 5.41) is 0. The molecule has 0 spiro atoms. The van der Waals surface area contributed by atoms with E-state index in [2.05, 4.69) is 72.7 Å². The second-order valence-corrected chi connectivity index (χ2v) is 6.32. The number of benzene rings is 1. The van der Waals surface area contributed by atoms with Gasteiger partial charge in [0.15, 0.2) is 0 Å². The molecule has 1 saturated heterocycles. The van der Waals surface area contributed by atoms with E-state index in [-0.39, 0.29) is 0 Å². The highest BCUT2D eigenvalue weighted by Crippen LogP contribution is 2.17. The summed E-state index contributed by atoms with van der Waals surface area (Å²) in [7, 11) is 0. The first kappa shape index (κ1) is 14.6. The van der Waals surface area contributed by atoms with E-state index < -0.39 is 0 Å². The third-order valence-corrected chi connectivity index (χ3v) is 4.54. The molecule has 0 radical (unpaired) electrons. The van der Waals surface area contributed by atoms with Crippen LogP contribution in [-0.2, 0) is 13.1 Å². The lowest BCUT2D eigenvalue weighted by Crippen LogP contribution is -2.46. The van der Waals surface area contributed by atoms with Gasteiger partial charge in [0.05, 0.1) is 0 Å². The minimum Gasteiger partial charge on any atom is -0.340 e. The summed E-state index contributed by atoms with van der Waals surface area (Å²) in [6.07, 6.45) is 3.95. The van der Waals surface area contributed by atoms with Gasteiger partial charge in [0.25, 0.3) is 0 Å². The van der Waals surface area contributed by atoms with E-state index in [1.54, 1.807) is 0 Å². The molecule has 0 aliphatic carbocycles. The quantitative estimate of drug-likeness (QED) is 0.848. The van der Waals surface area contributed by atoms with Crippen LogP contribution in [0.5, 0.6) is 0 Å². The molecule has 2 aromatic rings. The maximum absolute atomic E-state index is 4.49. The normalized spacial score (nSPS) is 16.4. The van der Waals surface area contributed by atoms with Crippen LogP contribution >= 0.6 is 15.9 Å². The number of halogens is 1. The Kier molecular flexibility index (Phi) is 4.60. The van der Waals surface area contributed by atoms with Gasteiger partial charge in [0, 0.05) is 56.1 Å². The van der Waals surface area contributed by atoms with Crippen molar-refractivity contribution in [3.63, 3.8) is 0 Å². The lowest BCUT2D eigenvalue weighted by Gasteiger charge is -2.35. The SMILES string of the molecule is CCn1ccnc1N1CCN(Cc2ccc(Br)cc2)CC1. The first-order valence-electron chi connectivity index (χ1n) is 7.49. The largest absolute Gasteiger partial charge is 0.340 e. The molecular formula is C16H21BrN4. The van der Waals surface area contributed by atoms with Gasteiger partial charge < -0.3 is 9.47 Å². The van der Waals surface area contributed by atoms with Crippen molar-refractivity contribution in [2.24, 2.45) is 0 Å². The van der Waals surface area contributed by atoms with Crippen LogP contribution in [0.1, 0.15) is 12.5 Å². The van der Waals surface area contributed by atoms with Crippen molar-refractivity contribution in [3.8, 4) is 0 Å². The van der Waals surface area contributed by atoms with Gasteiger partial charge in [-0.2, -0.15) is 0 Å². The Morgan fingerprint density at radius 1 is 1.10 bits per heavy atom. The number of aryl methyl sites for hydroxylation is 1. The molecule has 5 heteroatoms. The molecule has 0 atom stereocenters. The molecule has 1 fully saturated rings. The highest BCUT2D eigenvalue weighted by molar-refractivity contribution is 9.10. The van der Waals surface area contributed by atoms with Crippen molar-refractivity contribution in [2.75, 3.05) is 31.1 Å². The van der Waals surface area contributed by atoms with E-state index in [0.717, 1.165) is 49.7 Å². The Morgan fingerprint density at radius 3 is 2.48 bits per heavy atom. The van der Waals surface area contributed by atoms with Crippen molar-refractivity contribution in [2.45, 2.75) is 20.0 Å². The second kappa shape index (κ2) is 6.62. The molecule has 2 heterocycles. The van der Waals surface area contributed by atoms with Crippen LogP contribution in [0.4, 0.5) is 5.95 Å². The van der Waals surface area contributed by atoms with Crippen LogP contribution in [0, 0.1) is 0 Å². The highest BCUT2D eigenvalue weighted by atomic mass is 79.9. The summed E-state index contributed by atoms with van der Waals surface area (Å²) in [4.78, 5) is 9.40. The molecular weight excluding hydrogens is 328 g/mol. The number of hydrogen-bond acceptors (Lipinski definition) is 3. The van der Waals surface area contributed by atoms with Crippen molar-refractivity contribution in [3.05, 3.63) is 46.7 Å². The van der Waals surface area contributed by atoms with Crippen LogP contribution in [0.3, 0.4) is 0 Å². The summed E-state index contributed by atoms with van der Waals surface area (Å²) in [5.41, 5.74) is 1.38. The summed E-state index contributed by atoms with van der Waals surface area (Å²) in [6.45, 7) is 8.45. The van der Waals surface area contributed by atoms with E-state index >= 15 is 0 Å². The Labute approximate surface area is 134 Å². The molecule has 3 rings (SSSR count). The van der Waals surface area contributed by atoms with Gasteiger partial charge in [0.2, 0.25) is 5.95 Å². The summed E-state index contributed by atoms with van der Waals surface area (Å²) in [6, 6.07) is 8.62. The van der Waals surface area contributed by atoms with Gasteiger partial charge in [-0.3, -0.25) is 4.90 Å². The number of rotatable bonds is 4. The minimum atomic E-state index is 0.981. The molecule has 4 nitrogen and oxygen atoms in total. The van der Waals surface area contributed by atoms with Crippen LogP contribution in [-0.4, -0.2) is 40.6 Å². The fraction of sp³-hybridized carbons (Fsp3) is 0.438. The van der Waals surface area contributed by atoms with Crippen molar-refractivity contribution in [1.29, 1.82) is 0 Å². The second-order valence-electron chi connectivity index (χ2n) is 5.40. The molecule has 1 aliphatic rings. The predicted octanol–water partition coefficient (Wildman–Crippen LogP) is 2.99. The maximum Gasteiger partial charge on any atom is 0.205 e. The molecule has 21 heavy (non-hydrogen) atoms. The van der Waals surface area contributed by atoms with Gasteiger partial charge >= 0.3 is 0 Å². The predicted molar refractivity (Wildman–Crippen MR) is 89.5 cm³/mol. The average Bonchev–Trinajstić information content (AvgIpc) is 2.99. The zero-order valence-corrected chi connectivity index (χ0v) is 14.0. The van der Waals surface area contributed by atoms with Crippen molar-refractivity contribution >= 4 is 21.9 Å². The van der Waals surface area contributed by atoms with Crippen molar-refractivity contribution in [1.82, 2.24) is 14.5 Å². The van der Waals surface area contributed by atoms with Gasteiger partial charge in [-0.05, 0) is 24.6 Å². The molecule has 0 unspecified atom stereocenters. The summed E-state index contributed by atoms with van der Waals surface area (Å²) < 4.78 is 3.35. The summed E-state index contributed by atoms with van der Waals surface area (Å²) >= 11 is 3.48. The van der Waals surface area contributed by atoms with E-state index in [1.807, 2.05) is 6.20 Å². The Hall–Kier alpha value is -1.33. The Bertz CT molecular complexity index is 570. The first-order chi connectivity index (χ1) is 10.3. The molecule has 1 aromatic heterocycles. The van der Waals surface area contributed by atoms with E-state index in [1.165, 1.54) is 5.56 Å². The number of anilines is 1. The topological polar surface area (TPSA) is 24.3 Å². The smallest absolute Gasteiger partial charge is 0.205 e. The van der Waals surface area contributed by atoms with Gasteiger partial charge in [-0.15, -0.1) is 0 Å². The number of imidazole rings is 1. The number of aromatic nitrogens is 2. The Morgan fingerprint density at radius 2 is 1.81 bits per heavy atom. The van der Waals surface area contributed by atoms with Crippen LogP contribution < -0.4 is 4.90 Å². The van der Waals surface area contributed by atoms with Gasteiger partial charge in [-0.1, -0.05) is 28.1 Å². The monoisotopic (exact) mass is 348 g/mol. The van der Waals surface area contributed by atoms with Crippen molar-refractivity contribution < 1.29 is 0 Å². The lowest BCUT2D eigenvalue weighted by molar-refractivity contribution is 0.248. The summed E-state index contributed by atoms with van der Waals surface area (Å²) in [5.74, 6) is 1.11. The van der Waals surface area contributed by atoms with Crippen LogP contribution in [0.15, 0.2) is 41.1 Å². The number of piperazine rings is 1. The molecule has 1 aliphatic heterocycles. The molecule has 0 N–H and O–H groups in total. The number of hydrogen-bond donors (Lipinski definition) is 0. The van der Waals surface area contributed by atoms with Gasteiger partial charge in [-0.25, -0.2) is 4.98 Å². The average molecular weight is 349 g/mol. The number of nitrogens with zero attached hydrogens (tertiary/aromatic N) is 4. The third-order valence-electron chi connectivity index (χ3n) is 4.01. The molecule has 0 amide bonds. The fourth-order valence-corrected chi connectivity index (χ4v) is 3.05. The van der Waals surface area contributed by atoms with E-state index in [4.69, 9.17) is 0 Å². The fourth-order valence-electron chi connectivity index (χ4n) is 2.79. The zero-order valence-electron chi connectivity index (χ0n) is 12.4.